The van der Waals surface area contributed by atoms with Crippen LogP contribution in [-0.2, 0) is 0 Å². The minimum Gasteiger partial charge on any atom is -0.369 e. The van der Waals surface area contributed by atoms with Gasteiger partial charge in [-0.25, -0.2) is 4.68 Å². The summed E-state index contributed by atoms with van der Waals surface area (Å²) in [5.74, 6) is 1.65. The maximum absolute atomic E-state index is 5.61. The van der Waals surface area contributed by atoms with Gasteiger partial charge in [0.05, 0.1) is 11.4 Å². The maximum Gasteiger partial charge on any atom is 0.130 e. The zero-order chi connectivity index (χ0) is 13.5. The summed E-state index contributed by atoms with van der Waals surface area (Å²) in [4.78, 5) is 0. The molecule has 19 heavy (non-hydrogen) atoms. The average molecular weight is 279 g/mol. The van der Waals surface area contributed by atoms with Gasteiger partial charge in [-0.1, -0.05) is 18.2 Å². The molecule has 5 heteroatoms. The van der Waals surface area contributed by atoms with Crippen LogP contribution in [-0.4, -0.2) is 35.3 Å². The number of aromatic nitrogens is 2. The first kappa shape index (κ1) is 13.9. The number of nitrogens with zero attached hydrogens (tertiary/aromatic N) is 2. The van der Waals surface area contributed by atoms with Gasteiger partial charge in [0.25, 0.3) is 0 Å². The Morgan fingerprint density at radius 3 is 2.68 bits per heavy atom. The maximum atomic E-state index is 5.61. The fraction of sp³-hybridized carbons (Fsp3) is 0.357. The van der Waals surface area contributed by atoms with Gasteiger partial charge in [-0.3, -0.25) is 0 Å². The van der Waals surface area contributed by atoms with Crippen LogP contribution < -0.4 is 10.6 Å². The molecule has 2 aromatic rings. The van der Waals surface area contributed by atoms with Crippen molar-refractivity contribution < 1.29 is 0 Å². The molecule has 0 aliphatic heterocycles. The van der Waals surface area contributed by atoms with Gasteiger partial charge in [0.1, 0.15) is 5.82 Å². The number of nitrogens with one attached hydrogen (secondary N) is 2. The Bertz CT molecular complexity index is 495. The van der Waals surface area contributed by atoms with E-state index in [0.717, 1.165) is 36.8 Å². The second-order valence-corrected chi connectivity index (χ2v) is 4.66. The zero-order valence-corrected chi connectivity index (χ0v) is 11.8. The van der Waals surface area contributed by atoms with E-state index in [0.29, 0.717) is 5.88 Å². The van der Waals surface area contributed by atoms with Crippen molar-refractivity contribution in [1.29, 1.82) is 0 Å². The molecule has 0 atom stereocenters. The monoisotopic (exact) mass is 278 g/mol. The molecule has 0 fully saturated rings. The summed E-state index contributed by atoms with van der Waals surface area (Å²) in [7, 11) is 0. The van der Waals surface area contributed by atoms with Gasteiger partial charge < -0.3 is 10.6 Å². The number of anilines is 1. The number of hydrogen-bond acceptors (Lipinski definition) is 3. The van der Waals surface area contributed by atoms with Crippen LogP contribution in [0.15, 0.2) is 36.4 Å². The van der Waals surface area contributed by atoms with Gasteiger partial charge in [-0.2, -0.15) is 5.10 Å². The highest BCUT2D eigenvalue weighted by Crippen LogP contribution is 2.16. The Balaban J connectivity index is 2.01. The van der Waals surface area contributed by atoms with E-state index in [2.05, 4.69) is 21.8 Å². The van der Waals surface area contributed by atoms with Gasteiger partial charge in [0.15, 0.2) is 0 Å². The molecule has 0 saturated carbocycles. The van der Waals surface area contributed by atoms with E-state index in [9.17, 15) is 0 Å². The molecule has 0 radical (unpaired) electrons. The van der Waals surface area contributed by atoms with Crippen LogP contribution in [0.3, 0.4) is 0 Å². The number of halogens is 1. The van der Waals surface area contributed by atoms with E-state index in [4.69, 9.17) is 11.6 Å². The third-order valence-electron chi connectivity index (χ3n) is 2.71. The van der Waals surface area contributed by atoms with E-state index in [-0.39, 0.29) is 0 Å². The van der Waals surface area contributed by atoms with Gasteiger partial charge in [-0.05, 0) is 19.1 Å². The Kier molecular flexibility index (Phi) is 5.24. The molecule has 2 rings (SSSR count). The van der Waals surface area contributed by atoms with Crippen molar-refractivity contribution in [2.75, 3.05) is 30.8 Å². The van der Waals surface area contributed by atoms with Crippen LogP contribution in [0.4, 0.5) is 5.82 Å². The molecule has 0 aliphatic rings. The predicted molar refractivity (Wildman–Crippen MR) is 80.4 cm³/mol. The summed E-state index contributed by atoms with van der Waals surface area (Å²) in [6, 6.07) is 12.2. The van der Waals surface area contributed by atoms with Crippen molar-refractivity contribution in [3.05, 3.63) is 42.1 Å². The number of benzene rings is 1. The first-order chi connectivity index (χ1) is 9.31. The number of hydrogen-bond donors (Lipinski definition) is 2. The molecule has 0 amide bonds. The van der Waals surface area contributed by atoms with Gasteiger partial charge in [0, 0.05) is 31.6 Å². The molecule has 2 N–H and O–H groups in total. The predicted octanol–water partition coefficient (Wildman–Crippen LogP) is 2.42. The molecule has 0 unspecified atom stereocenters. The quantitative estimate of drug-likeness (QED) is 0.604. The first-order valence-corrected chi connectivity index (χ1v) is 6.97. The number of aryl methyl sites for hydroxylation is 1. The lowest BCUT2D eigenvalue weighted by atomic mass is 10.3. The van der Waals surface area contributed by atoms with Crippen molar-refractivity contribution >= 4 is 17.4 Å². The van der Waals surface area contributed by atoms with E-state index in [1.807, 2.05) is 41.9 Å². The SMILES string of the molecule is Cc1cc(NCCNCCCl)n(-c2ccccc2)n1. The molecule has 1 heterocycles. The summed E-state index contributed by atoms with van der Waals surface area (Å²) >= 11 is 5.61. The summed E-state index contributed by atoms with van der Waals surface area (Å²) < 4.78 is 1.93. The second kappa shape index (κ2) is 7.16. The third kappa shape index (κ3) is 3.98. The topological polar surface area (TPSA) is 41.9 Å². The third-order valence-corrected chi connectivity index (χ3v) is 2.90. The van der Waals surface area contributed by atoms with Crippen molar-refractivity contribution in [2.24, 2.45) is 0 Å². The summed E-state index contributed by atoms with van der Waals surface area (Å²) in [6.07, 6.45) is 0. The van der Waals surface area contributed by atoms with Crippen molar-refractivity contribution in [3.63, 3.8) is 0 Å². The van der Waals surface area contributed by atoms with Crippen LogP contribution in [0.5, 0.6) is 0 Å². The Morgan fingerprint density at radius 1 is 1.16 bits per heavy atom. The molecule has 0 saturated heterocycles. The minimum absolute atomic E-state index is 0.640. The Labute approximate surface area is 118 Å². The fourth-order valence-electron chi connectivity index (χ4n) is 1.86. The van der Waals surface area contributed by atoms with E-state index in [1.54, 1.807) is 0 Å². The molecule has 4 nitrogen and oxygen atoms in total. The van der Waals surface area contributed by atoms with Crippen LogP contribution in [0.2, 0.25) is 0 Å². The lowest BCUT2D eigenvalue weighted by molar-refractivity contribution is 0.737. The Hall–Kier alpha value is -1.52. The summed E-state index contributed by atoms with van der Waals surface area (Å²) in [5, 5.41) is 11.1. The van der Waals surface area contributed by atoms with Gasteiger partial charge in [-0.15, -0.1) is 11.6 Å². The van der Waals surface area contributed by atoms with Crippen LogP contribution >= 0.6 is 11.6 Å². The molecule has 0 aliphatic carbocycles. The average Bonchev–Trinajstić information content (AvgIpc) is 2.81. The number of rotatable bonds is 7. The molecular formula is C14H19ClN4. The van der Waals surface area contributed by atoms with Crippen LogP contribution in [0.25, 0.3) is 5.69 Å². The second-order valence-electron chi connectivity index (χ2n) is 4.28. The van der Waals surface area contributed by atoms with E-state index >= 15 is 0 Å². The van der Waals surface area contributed by atoms with Crippen LogP contribution in [0, 0.1) is 6.92 Å². The highest BCUT2D eigenvalue weighted by Gasteiger charge is 2.06. The van der Waals surface area contributed by atoms with Gasteiger partial charge >= 0.3 is 0 Å². The molecule has 102 valence electrons. The van der Waals surface area contributed by atoms with Gasteiger partial charge in [0.2, 0.25) is 0 Å². The standard InChI is InChI=1S/C14H19ClN4/c1-12-11-14(17-10-9-16-8-7-15)19(18-12)13-5-3-2-4-6-13/h2-6,11,16-17H,7-10H2,1H3. The lowest BCUT2D eigenvalue weighted by Crippen LogP contribution is -2.24. The van der Waals surface area contributed by atoms with Crippen molar-refractivity contribution in [1.82, 2.24) is 15.1 Å². The van der Waals surface area contributed by atoms with E-state index < -0.39 is 0 Å². The Morgan fingerprint density at radius 2 is 1.95 bits per heavy atom. The largest absolute Gasteiger partial charge is 0.369 e. The molecule has 1 aromatic heterocycles. The van der Waals surface area contributed by atoms with E-state index in [1.165, 1.54) is 0 Å². The van der Waals surface area contributed by atoms with Crippen molar-refractivity contribution in [3.8, 4) is 5.69 Å². The molecule has 0 bridgehead atoms. The number of para-hydroxylation sites is 1. The summed E-state index contributed by atoms with van der Waals surface area (Å²) in [6.45, 7) is 4.55. The molecule has 1 aromatic carbocycles. The van der Waals surface area contributed by atoms with Crippen LogP contribution in [0.1, 0.15) is 5.69 Å². The molecule has 0 spiro atoms. The fourth-order valence-corrected chi connectivity index (χ4v) is 2.00. The van der Waals surface area contributed by atoms with Crippen molar-refractivity contribution in [2.45, 2.75) is 6.92 Å². The first-order valence-electron chi connectivity index (χ1n) is 6.44. The lowest BCUT2D eigenvalue weighted by Gasteiger charge is -2.10. The molecular weight excluding hydrogens is 260 g/mol. The summed E-state index contributed by atoms with van der Waals surface area (Å²) in [5.41, 5.74) is 2.06. The number of alkyl halides is 1. The highest BCUT2D eigenvalue weighted by atomic mass is 35.5. The highest BCUT2D eigenvalue weighted by molar-refractivity contribution is 6.18. The minimum atomic E-state index is 0.640. The smallest absolute Gasteiger partial charge is 0.130 e. The zero-order valence-electron chi connectivity index (χ0n) is 11.1. The normalized spacial score (nSPS) is 10.6.